The van der Waals surface area contributed by atoms with Gasteiger partial charge in [-0.15, -0.1) is 0 Å². The van der Waals surface area contributed by atoms with Gasteiger partial charge in [-0.25, -0.2) is 9.59 Å². The molecule has 0 radical (unpaired) electrons. The minimum Gasteiger partial charge on any atom is -0.504 e. The number of methoxy groups -OCH3 is 4. The Hall–Kier alpha value is -3.88. The first-order valence-corrected chi connectivity index (χ1v) is 8.34. The summed E-state index contributed by atoms with van der Waals surface area (Å²) >= 11 is 0. The lowest BCUT2D eigenvalue weighted by atomic mass is 10.1. The molecule has 0 bridgehead atoms. The fraction of sp³-hybridized carbons (Fsp3) is 0.222. The fourth-order valence-electron chi connectivity index (χ4n) is 2.04. The SMILES string of the molecule is COc1cc(OC)c(O)c(C(=O)O)c1.COc1cc(OC)c(O)c(C(=O)O)c1.OB(O)O. The largest absolute Gasteiger partial charge is 0.631 e. The summed E-state index contributed by atoms with van der Waals surface area (Å²) < 4.78 is 19.3. The summed E-state index contributed by atoms with van der Waals surface area (Å²) in [4.78, 5) is 21.4. The maximum absolute atomic E-state index is 10.7. The van der Waals surface area contributed by atoms with Gasteiger partial charge in [-0.1, -0.05) is 0 Å². The van der Waals surface area contributed by atoms with Crippen LogP contribution in [-0.4, -0.2) is 83.2 Å². The van der Waals surface area contributed by atoms with Crippen LogP contribution >= 0.6 is 0 Å². The van der Waals surface area contributed by atoms with Gasteiger partial charge in [0.05, 0.1) is 28.4 Å². The van der Waals surface area contributed by atoms with E-state index in [1.54, 1.807) is 0 Å². The topological polar surface area (TPSA) is 213 Å². The molecule has 0 amide bonds. The maximum atomic E-state index is 10.7. The van der Waals surface area contributed by atoms with Crippen LogP contribution in [0.5, 0.6) is 34.5 Å². The average Bonchev–Trinajstić information content (AvgIpc) is 2.73. The van der Waals surface area contributed by atoms with Crippen molar-refractivity contribution in [2.24, 2.45) is 0 Å². The van der Waals surface area contributed by atoms with Crippen molar-refractivity contribution >= 4 is 19.3 Å². The molecule has 0 aliphatic carbocycles. The predicted molar refractivity (Wildman–Crippen MR) is 109 cm³/mol. The molecule has 7 N–H and O–H groups in total. The number of rotatable bonds is 6. The van der Waals surface area contributed by atoms with E-state index in [0.29, 0.717) is 11.5 Å². The molecule has 0 atom stereocenters. The lowest BCUT2D eigenvalue weighted by molar-refractivity contribution is 0.0681. The summed E-state index contributed by atoms with van der Waals surface area (Å²) in [6, 6.07) is 5.25. The van der Waals surface area contributed by atoms with Crippen molar-refractivity contribution in [3.63, 3.8) is 0 Å². The highest BCUT2D eigenvalue weighted by Crippen LogP contribution is 2.35. The molecular formula is C18H23BO13. The summed E-state index contributed by atoms with van der Waals surface area (Å²) in [5.41, 5.74) is -0.498. The van der Waals surface area contributed by atoms with E-state index in [4.69, 9.17) is 44.2 Å². The molecule has 13 nitrogen and oxygen atoms in total. The Labute approximate surface area is 182 Å². The highest BCUT2D eigenvalue weighted by atomic mass is 16.5. The number of benzene rings is 2. The monoisotopic (exact) mass is 458 g/mol. The number of ether oxygens (including phenoxy) is 4. The van der Waals surface area contributed by atoms with E-state index in [1.807, 2.05) is 0 Å². The maximum Gasteiger partial charge on any atom is 0.631 e. The van der Waals surface area contributed by atoms with Crippen molar-refractivity contribution in [2.45, 2.75) is 0 Å². The second-order valence-electron chi connectivity index (χ2n) is 5.41. The lowest BCUT2D eigenvalue weighted by Crippen LogP contribution is -2.07. The number of aromatic carboxylic acids is 2. The van der Waals surface area contributed by atoms with E-state index >= 15 is 0 Å². The van der Waals surface area contributed by atoms with E-state index in [-0.39, 0.29) is 22.6 Å². The highest BCUT2D eigenvalue weighted by molar-refractivity contribution is 6.30. The molecule has 0 saturated carbocycles. The van der Waals surface area contributed by atoms with E-state index in [0.717, 1.165) is 0 Å². The van der Waals surface area contributed by atoms with Crippen molar-refractivity contribution in [2.75, 3.05) is 28.4 Å². The van der Waals surface area contributed by atoms with E-state index in [9.17, 15) is 19.8 Å². The zero-order valence-electron chi connectivity index (χ0n) is 17.5. The first-order valence-electron chi connectivity index (χ1n) is 8.34. The Balaban J connectivity index is 0.000000515. The second kappa shape index (κ2) is 13.4. The minimum atomic E-state index is -2.17. The van der Waals surface area contributed by atoms with Crippen molar-refractivity contribution in [1.82, 2.24) is 0 Å². The second-order valence-corrected chi connectivity index (χ2v) is 5.41. The van der Waals surface area contributed by atoms with Gasteiger partial charge in [-0.05, 0) is 12.1 Å². The van der Waals surface area contributed by atoms with Crippen LogP contribution in [0.1, 0.15) is 20.7 Å². The molecule has 0 aliphatic rings. The summed E-state index contributed by atoms with van der Waals surface area (Å²) in [7, 11) is 3.30. The standard InChI is InChI=1S/2C9H10O5.BH3O3/c2*1-13-5-3-6(9(11)12)8(10)7(4-5)14-2;2-1(3)4/h2*3-4,10H,1-2H3,(H,11,12);2-4H. The molecule has 2 rings (SSSR count). The molecule has 14 heteroatoms. The third-order valence-electron chi connectivity index (χ3n) is 3.47. The van der Waals surface area contributed by atoms with Gasteiger partial charge >= 0.3 is 19.3 Å². The first kappa shape index (κ1) is 28.1. The molecule has 0 unspecified atom stereocenters. The van der Waals surface area contributed by atoms with Crippen LogP contribution in [0.3, 0.4) is 0 Å². The number of carbonyl (C=O) groups is 2. The third-order valence-corrected chi connectivity index (χ3v) is 3.47. The first-order chi connectivity index (χ1) is 14.9. The van der Waals surface area contributed by atoms with Crippen molar-refractivity contribution in [1.29, 1.82) is 0 Å². The highest BCUT2D eigenvalue weighted by Gasteiger charge is 2.17. The van der Waals surface area contributed by atoms with E-state index < -0.39 is 30.8 Å². The molecule has 32 heavy (non-hydrogen) atoms. The fourth-order valence-corrected chi connectivity index (χ4v) is 2.04. The van der Waals surface area contributed by atoms with Gasteiger partial charge in [-0.2, -0.15) is 0 Å². The molecule has 0 aliphatic heterocycles. The Morgan fingerprint density at radius 2 is 0.938 bits per heavy atom. The lowest BCUT2D eigenvalue weighted by Gasteiger charge is -2.08. The molecule has 0 aromatic heterocycles. The summed E-state index contributed by atoms with van der Waals surface area (Å²) in [5.74, 6) is -2.50. The molecule has 0 heterocycles. The zero-order chi connectivity index (χ0) is 25.0. The zero-order valence-corrected chi connectivity index (χ0v) is 17.5. The van der Waals surface area contributed by atoms with E-state index in [1.165, 1.54) is 52.7 Å². The van der Waals surface area contributed by atoms with Gasteiger partial charge in [0.2, 0.25) is 0 Å². The molecule has 2 aromatic rings. The van der Waals surface area contributed by atoms with Gasteiger partial charge in [0.25, 0.3) is 0 Å². The molecule has 0 spiro atoms. The molecule has 0 saturated heterocycles. The third kappa shape index (κ3) is 8.47. The summed E-state index contributed by atoms with van der Waals surface area (Å²) in [6.07, 6.45) is 0. The van der Waals surface area contributed by atoms with Crippen LogP contribution in [0.4, 0.5) is 0 Å². The van der Waals surface area contributed by atoms with E-state index in [2.05, 4.69) is 0 Å². The molecule has 0 fully saturated rings. The summed E-state index contributed by atoms with van der Waals surface area (Å²) in [5, 5.41) is 57.8. The van der Waals surface area contributed by atoms with Crippen LogP contribution in [0.15, 0.2) is 24.3 Å². The Morgan fingerprint density at radius 1 is 0.656 bits per heavy atom. The van der Waals surface area contributed by atoms with Gasteiger partial charge < -0.3 is 54.4 Å². The molecule has 176 valence electrons. The predicted octanol–water partition coefficient (Wildman–Crippen LogP) is 0.163. The Kier molecular flexibility index (Phi) is 11.8. The van der Waals surface area contributed by atoms with Crippen molar-refractivity contribution < 1.29 is 64.0 Å². The minimum absolute atomic E-state index is 0.0711. The molecular weight excluding hydrogens is 435 g/mol. The van der Waals surface area contributed by atoms with Crippen molar-refractivity contribution in [3.05, 3.63) is 35.4 Å². The van der Waals surface area contributed by atoms with Crippen LogP contribution in [0.2, 0.25) is 0 Å². The normalized spacial score (nSPS) is 9.22. The quantitative estimate of drug-likeness (QED) is 0.288. The number of hydrogen-bond donors (Lipinski definition) is 7. The number of carboxylic acids is 2. The Morgan fingerprint density at radius 3 is 1.12 bits per heavy atom. The molecule has 2 aromatic carbocycles. The van der Waals surface area contributed by atoms with Crippen LogP contribution in [0.25, 0.3) is 0 Å². The number of phenols is 2. The van der Waals surface area contributed by atoms with Gasteiger partial charge in [0, 0.05) is 12.1 Å². The van der Waals surface area contributed by atoms with Crippen LogP contribution in [-0.2, 0) is 0 Å². The van der Waals surface area contributed by atoms with Crippen LogP contribution in [0, 0.1) is 0 Å². The van der Waals surface area contributed by atoms with Gasteiger partial charge in [-0.3, -0.25) is 0 Å². The number of carboxylic acid groups (broad SMARTS) is 2. The van der Waals surface area contributed by atoms with Crippen LogP contribution < -0.4 is 18.9 Å². The number of hydrogen-bond acceptors (Lipinski definition) is 11. The van der Waals surface area contributed by atoms with Gasteiger partial charge in [0.15, 0.2) is 23.0 Å². The van der Waals surface area contributed by atoms with Crippen molar-refractivity contribution in [3.8, 4) is 34.5 Å². The van der Waals surface area contributed by atoms with Gasteiger partial charge in [0.1, 0.15) is 22.6 Å². The Bertz CT molecular complexity index is 840. The summed E-state index contributed by atoms with van der Waals surface area (Å²) in [6.45, 7) is 0. The average molecular weight is 458 g/mol. The number of aromatic hydroxyl groups is 2. The smallest absolute Gasteiger partial charge is 0.504 e.